The van der Waals surface area contributed by atoms with E-state index in [1.54, 1.807) is 0 Å². The maximum atomic E-state index is 9.11. The van der Waals surface area contributed by atoms with Gasteiger partial charge in [0.2, 0.25) is 0 Å². The molecule has 3 atom stereocenters. The Morgan fingerprint density at radius 2 is 2.14 bits per heavy atom. The van der Waals surface area contributed by atoms with Crippen molar-refractivity contribution in [3.63, 3.8) is 0 Å². The molecule has 1 saturated heterocycles. The van der Waals surface area contributed by atoms with Gasteiger partial charge in [-0.15, -0.1) is 0 Å². The summed E-state index contributed by atoms with van der Waals surface area (Å²) in [5.74, 6) is 0.908. The lowest BCUT2D eigenvalue weighted by Crippen LogP contribution is -2.47. The molecule has 0 amide bonds. The third-order valence-corrected chi connectivity index (χ3v) is 3.97. The van der Waals surface area contributed by atoms with E-state index < -0.39 is 0 Å². The summed E-state index contributed by atoms with van der Waals surface area (Å²) in [5, 5.41) is 9.11. The first-order valence-electron chi connectivity index (χ1n) is 6.02. The van der Waals surface area contributed by atoms with Gasteiger partial charge in [-0.3, -0.25) is 4.90 Å². The van der Waals surface area contributed by atoms with E-state index in [9.17, 15) is 0 Å². The highest BCUT2D eigenvalue weighted by molar-refractivity contribution is 4.98. The Morgan fingerprint density at radius 3 is 2.86 bits per heavy atom. The fourth-order valence-corrected chi connectivity index (χ4v) is 3.28. The Hall–Kier alpha value is -0.550. The molecular weight excluding hydrogens is 172 g/mol. The summed E-state index contributed by atoms with van der Waals surface area (Å²) in [6, 6.07) is 3.39. The predicted molar refractivity (Wildman–Crippen MR) is 56.8 cm³/mol. The molecule has 0 radical (unpaired) electrons. The Kier molecular flexibility index (Phi) is 3.08. The van der Waals surface area contributed by atoms with Gasteiger partial charge in [-0.25, -0.2) is 0 Å². The Balaban J connectivity index is 2.06. The number of likely N-dealkylation sites (tertiary alicyclic amines) is 1. The second-order valence-electron chi connectivity index (χ2n) is 4.69. The molecule has 2 aliphatic rings. The van der Waals surface area contributed by atoms with Gasteiger partial charge in [0.05, 0.1) is 12.1 Å². The molecule has 0 N–H and O–H groups in total. The second kappa shape index (κ2) is 4.31. The van der Waals surface area contributed by atoms with Crippen LogP contribution in [0.5, 0.6) is 0 Å². The fraction of sp³-hybridized carbons (Fsp3) is 0.917. The van der Waals surface area contributed by atoms with E-state index in [-0.39, 0.29) is 6.04 Å². The SMILES string of the molecule is CCC(C#N)N1CCCC2CCCC21. The first-order valence-corrected chi connectivity index (χ1v) is 6.02. The number of nitriles is 1. The van der Waals surface area contributed by atoms with Crippen LogP contribution in [0.4, 0.5) is 0 Å². The first kappa shape index (κ1) is 9.98. The van der Waals surface area contributed by atoms with Crippen LogP contribution in [0.3, 0.4) is 0 Å². The number of hydrogen-bond donors (Lipinski definition) is 0. The molecule has 2 nitrogen and oxygen atoms in total. The topological polar surface area (TPSA) is 27.0 Å². The zero-order valence-corrected chi connectivity index (χ0v) is 9.08. The van der Waals surface area contributed by atoms with Gasteiger partial charge in [0.1, 0.15) is 0 Å². The molecule has 0 aromatic carbocycles. The maximum Gasteiger partial charge on any atom is 0.0977 e. The zero-order chi connectivity index (χ0) is 9.97. The fourth-order valence-electron chi connectivity index (χ4n) is 3.28. The molecule has 1 aliphatic heterocycles. The molecule has 0 bridgehead atoms. The normalized spacial score (nSPS) is 34.9. The molecule has 1 saturated carbocycles. The summed E-state index contributed by atoms with van der Waals surface area (Å²) < 4.78 is 0. The van der Waals surface area contributed by atoms with Crippen LogP contribution in [-0.2, 0) is 0 Å². The van der Waals surface area contributed by atoms with Crippen LogP contribution >= 0.6 is 0 Å². The van der Waals surface area contributed by atoms with Crippen LogP contribution in [0.15, 0.2) is 0 Å². The van der Waals surface area contributed by atoms with Crippen LogP contribution in [0.1, 0.15) is 45.4 Å². The Labute approximate surface area is 86.9 Å². The summed E-state index contributed by atoms with van der Waals surface area (Å²) in [4.78, 5) is 2.49. The van der Waals surface area contributed by atoms with Gasteiger partial charge in [-0.1, -0.05) is 13.3 Å². The predicted octanol–water partition coefficient (Wildman–Crippen LogP) is 2.55. The van der Waals surface area contributed by atoms with E-state index in [0.717, 1.165) is 24.9 Å². The molecule has 0 spiro atoms. The molecule has 14 heavy (non-hydrogen) atoms. The van der Waals surface area contributed by atoms with E-state index in [1.165, 1.54) is 32.1 Å². The van der Waals surface area contributed by atoms with Gasteiger partial charge in [0.25, 0.3) is 0 Å². The van der Waals surface area contributed by atoms with Crippen molar-refractivity contribution < 1.29 is 0 Å². The van der Waals surface area contributed by atoms with Gasteiger partial charge in [0, 0.05) is 6.04 Å². The summed E-state index contributed by atoms with van der Waals surface area (Å²) in [6.45, 7) is 3.29. The third kappa shape index (κ3) is 1.66. The van der Waals surface area contributed by atoms with Crippen molar-refractivity contribution in [2.75, 3.05) is 6.54 Å². The molecule has 0 aromatic heterocycles. The molecule has 1 heterocycles. The van der Waals surface area contributed by atoms with E-state index >= 15 is 0 Å². The lowest BCUT2D eigenvalue weighted by atomic mass is 9.90. The smallest absolute Gasteiger partial charge is 0.0977 e. The summed E-state index contributed by atoms with van der Waals surface area (Å²) in [6.07, 6.45) is 7.82. The van der Waals surface area contributed by atoms with Gasteiger partial charge in [-0.05, 0) is 44.6 Å². The molecule has 2 rings (SSSR count). The number of nitrogens with zero attached hydrogens (tertiary/aromatic N) is 2. The highest BCUT2D eigenvalue weighted by Crippen LogP contribution is 2.37. The Bertz CT molecular complexity index is 231. The van der Waals surface area contributed by atoms with Crippen LogP contribution in [0, 0.1) is 17.2 Å². The van der Waals surface area contributed by atoms with Gasteiger partial charge >= 0.3 is 0 Å². The van der Waals surface area contributed by atoms with Crippen molar-refractivity contribution in [1.29, 1.82) is 5.26 Å². The highest BCUT2D eigenvalue weighted by atomic mass is 15.2. The van der Waals surface area contributed by atoms with Crippen LogP contribution in [0.2, 0.25) is 0 Å². The van der Waals surface area contributed by atoms with E-state index in [1.807, 2.05) is 0 Å². The molecule has 0 aromatic rings. The summed E-state index contributed by atoms with van der Waals surface area (Å²) in [5.41, 5.74) is 0. The quantitative estimate of drug-likeness (QED) is 0.672. The minimum Gasteiger partial charge on any atom is -0.285 e. The average Bonchev–Trinajstić information content (AvgIpc) is 2.68. The molecule has 2 heteroatoms. The minimum atomic E-state index is 0.181. The number of rotatable bonds is 2. The first-order chi connectivity index (χ1) is 6.86. The van der Waals surface area contributed by atoms with Crippen molar-refractivity contribution in [3.8, 4) is 6.07 Å². The molecule has 2 fully saturated rings. The lowest BCUT2D eigenvalue weighted by molar-refractivity contribution is 0.0874. The second-order valence-corrected chi connectivity index (χ2v) is 4.69. The van der Waals surface area contributed by atoms with E-state index in [2.05, 4.69) is 17.9 Å². The lowest BCUT2D eigenvalue weighted by Gasteiger charge is -2.40. The minimum absolute atomic E-state index is 0.181. The van der Waals surface area contributed by atoms with Crippen molar-refractivity contribution in [1.82, 2.24) is 4.90 Å². The van der Waals surface area contributed by atoms with Crippen molar-refractivity contribution in [2.45, 2.75) is 57.5 Å². The van der Waals surface area contributed by atoms with Crippen molar-refractivity contribution >= 4 is 0 Å². The molecular formula is C12H20N2. The van der Waals surface area contributed by atoms with Gasteiger partial charge in [-0.2, -0.15) is 5.26 Å². The van der Waals surface area contributed by atoms with Crippen molar-refractivity contribution in [2.24, 2.45) is 5.92 Å². The number of fused-ring (bicyclic) bond motifs is 1. The largest absolute Gasteiger partial charge is 0.285 e. The monoisotopic (exact) mass is 192 g/mol. The van der Waals surface area contributed by atoms with Crippen molar-refractivity contribution in [3.05, 3.63) is 0 Å². The van der Waals surface area contributed by atoms with Crippen LogP contribution < -0.4 is 0 Å². The molecule has 3 unspecified atom stereocenters. The van der Waals surface area contributed by atoms with Crippen LogP contribution in [0.25, 0.3) is 0 Å². The highest BCUT2D eigenvalue weighted by Gasteiger charge is 2.37. The molecule has 78 valence electrons. The summed E-state index contributed by atoms with van der Waals surface area (Å²) in [7, 11) is 0. The third-order valence-electron chi connectivity index (χ3n) is 3.97. The zero-order valence-electron chi connectivity index (χ0n) is 9.08. The number of piperidine rings is 1. The van der Waals surface area contributed by atoms with Crippen LogP contribution in [-0.4, -0.2) is 23.5 Å². The number of hydrogen-bond acceptors (Lipinski definition) is 2. The van der Waals surface area contributed by atoms with Gasteiger partial charge < -0.3 is 0 Å². The summed E-state index contributed by atoms with van der Waals surface area (Å²) >= 11 is 0. The average molecular weight is 192 g/mol. The Morgan fingerprint density at radius 1 is 1.36 bits per heavy atom. The van der Waals surface area contributed by atoms with E-state index in [4.69, 9.17) is 5.26 Å². The standard InChI is InChI=1S/C12H20N2/c1-2-11(9-13)14-8-4-6-10-5-3-7-12(10)14/h10-12H,2-8H2,1H3. The molecule has 1 aliphatic carbocycles. The van der Waals surface area contributed by atoms with E-state index in [0.29, 0.717) is 0 Å². The maximum absolute atomic E-state index is 9.11. The van der Waals surface area contributed by atoms with Gasteiger partial charge in [0.15, 0.2) is 0 Å².